The molecule has 0 saturated carbocycles. The molecule has 1 unspecified atom stereocenters. The molecule has 0 bridgehead atoms. The highest BCUT2D eigenvalue weighted by molar-refractivity contribution is 5.36. The van der Waals surface area contributed by atoms with Crippen molar-refractivity contribution in [1.82, 2.24) is 0 Å². The summed E-state index contributed by atoms with van der Waals surface area (Å²) in [6, 6.07) is 0. The Kier molecular flexibility index (Phi) is 2.30. The van der Waals surface area contributed by atoms with Gasteiger partial charge < -0.3 is 5.11 Å². The summed E-state index contributed by atoms with van der Waals surface area (Å²) in [5, 5.41) is 9.45. The van der Waals surface area contributed by atoms with Gasteiger partial charge in [0.25, 0.3) is 0 Å². The van der Waals surface area contributed by atoms with Gasteiger partial charge in [-0.2, -0.15) is 0 Å². The lowest BCUT2D eigenvalue weighted by Crippen LogP contribution is -2.12. The summed E-state index contributed by atoms with van der Waals surface area (Å²) in [6.45, 7) is 7.74. The van der Waals surface area contributed by atoms with Crippen LogP contribution < -0.4 is 0 Å². The van der Waals surface area contributed by atoms with E-state index in [2.05, 4.69) is 6.58 Å². The monoisotopic (exact) mass is 150 g/mol. The first-order chi connectivity index (χ1) is 5.11. The molecule has 1 atom stereocenters. The van der Waals surface area contributed by atoms with Gasteiger partial charge in [0.15, 0.2) is 0 Å². The molecule has 1 heteroatoms. The van der Waals surface area contributed by atoms with Crippen LogP contribution in [0.25, 0.3) is 0 Å². The van der Waals surface area contributed by atoms with E-state index in [9.17, 15) is 5.11 Å². The molecule has 0 fully saturated rings. The number of hydrogen-bond donors (Lipinski definition) is 1. The Balaban J connectivity index is 2.82. The zero-order chi connectivity index (χ0) is 8.43. The maximum atomic E-state index is 9.45. The Bertz CT molecular complexity index is 233. The fourth-order valence-electron chi connectivity index (χ4n) is 1.10. The van der Waals surface area contributed by atoms with Gasteiger partial charge in [0.2, 0.25) is 0 Å². The van der Waals surface area contributed by atoms with E-state index in [0.717, 1.165) is 23.1 Å². The SMILES string of the molecule is C=C(C)C1=CC=C(C)C(O)C1. The lowest BCUT2D eigenvalue weighted by atomic mass is 9.93. The highest BCUT2D eigenvalue weighted by Gasteiger charge is 2.12. The number of aliphatic hydroxyl groups is 1. The largest absolute Gasteiger partial charge is 0.388 e. The first-order valence-electron chi connectivity index (χ1n) is 3.82. The van der Waals surface area contributed by atoms with Crippen molar-refractivity contribution in [3.05, 3.63) is 35.5 Å². The van der Waals surface area contributed by atoms with Crippen molar-refractivity contribution in [3.8, 4) is 0 Å². The minimum absolute atomic E-state index is 0.299. The average Bonchev–Trinajstić information content (AvgIpc) is 1.94. The molecule has 1 nitrogen and oxygen atoms in total. The lowest BCUT2D eigenvalue weighted by Gasteiger charge is -2.17. The van der Waals surface area contributed by atoms with Crippen molar-refractivity contribution >= 4 is 0 Å². The fraction of sp³-hybridized carbons (Fsp3) is 0.400. The van der Waals surface area contributed by atoms with E-state index >= 15 is 0 Å². The summed E-state index contributed by atoms with van der Waals surface area (Å²) in [6.07, 6.45) is 4.41. The lowest BCUT2D eigenvalue weighted by molar-refractivity contribution is 0.210. The summed E-state index contributed by atoms with van der Waals surface area (Å²) >= 11 is 0. The van der Waals surface area contributed by atoms with Gasteiger partial charge in [0.05, 0.1) is 6.10 Å². The molecule has 0 radical (unpaired) electrons. The van der Waals surface area contributed by atoms with Crippen LogP contribution in [0.15, 0.2) is 35.5 Å². The average molecular weight is 150 g/mol. The van der Waals surface area contributed by atoms with Crippen molar-refractivity contribution in [1.29, 1.82) is 0 Å². The summed E-state index contributed by atoms with van der Waals surface area (Å²) in [5.41, 5.74) is 3.24. The van der Waals surface area contributed by atoms with Crippen molar-refractivity contribution < 1.29 is 5.11 Å². The molecular formula is C10H14O. The molecule has 0 aromatic carbocycles. The van der Waals surface area contributed by atoms with Crippen molar-refractivity contribution in [2.75, 3.05) is 0 Å². The van der Waals surface area contributed by atoms with Crippen LogP contribution in [-0.4, -0.2) is 11.2 Å². The summed E-state index contributed by atoms with van der Waals surface area (Å²) < 4.78 is 0. The maximum Gasteiger partial charge on any atom is 0.0790 e. The third-order valence-corrected chi connectivity index (χ3v) is 2.03. The van der Waals surface area contributed by atoms with Crippen LogP contribution >= 0.6 is 0 Å². The molecule has 0 saturated heterocycles. The molecule has 0 amide bonds. The highest BCUT2D eigenvalue weighted by atomic mass is 16.3. The molecule has 0 aromatic rings. The first kappa shape index (κ1) is 8.28. The zero-order valence-electron chi connectivity index (χ0n) is 7.09. The van der Waals surface area contributed by atoms with E-state index in [1.807, 2.05) is 26.0 Å². The third-order valence-electron chi connectivity index (χ3n) is 2.03. The second-order valence-corrected chi connectivity index (χ2v) is 3.10. The predicted octanol–water partition coefficient (Wildman–Crippen LogP) is 2.20. The fourth-order valence-corrected chi connectivity index (χ4v) is 1.10. The standard InChI is InChI=1S/C10H14O/c1-7(2)9-5-4-8(3)10(11)6-9/h4-5,10-11H,1,6H2,2-3H3. The van der Waals surface area contributed by atoms with E-state index in [1.165, 1.54) is 0 Å². The molecule has 0 aromatic heterocycles. The second-order valence-electron chi connectivity index (χ2n) is 3.10. The third kappa shape index (κ3) is 1.81. The second kappa shape index (κ2) is 3.05. The van der Waals surface area contributed by atoms with Gasteiger partial charge >= 0.3 is 0 Å². The smallest absolute Gasteiger partial charge is 0.0790 e. The molecule has 60 valence electrons. The summed E-state index contributed by atoms with van der Waals surface area (Å²) in [5.74, 6) is 0. The molecule has 1 rings (SSSR count). The Morgan fingerprint density at radius 2 is 2.27 bits per heavy atom. The number of hydrogen-bond acceptors (Lipinski definition) is 1. The Labute approximate surface area is 67.7 Å². The van der Waals surface area contributed by atoms with Gasteiger partial charge in [0.1, 0.15) is 0 Å². The number of allylic oxidation sites excluding steroid dienone is 3. The molecule has 11 heavy (non-hydrogen) atoms. The van der Waals surface area contributed by atoms with E-state index in [0.29, 0.717) is 0 Å². The van der Waals surface area contributed by atoms with Gasteiger partial charge in [0, 0.05) is 6.42 Å². The van der Waals surface area contributed by atoms with Gasteiger partial charge in [-0.05, 0) is 25.0 Å². The Hall–Kier alpha value is -0.820. The molecule has 1 aliphatic rings. The van der Waals surface area contributed by atoms with Crippen molar-refractivity contribution in [3.63, 3.8) is 0 Å². The summed E-state index contributed by atoms with van der Waals surface area (Å²) in [7, 11) is 0. The Morgan fingerprint density at radius 3 is 2.73 bits per heavy atom. The molecule has 1 N–H and O–H groups in total. The van der Waals surface area contributed by atoms with Crippen LogP contribution in [0, 0.1) is 0 Å². The molecule has 0 spiro atoms. The summed E-state index contributed by atoms with van der Waals surface area (Å²) in [4.78, 5) is 0. The van der Waals surface area contributed by atoms with Crippen LogP contribution in [0.5, 0.6) is 0 Å². The molecular weight excluding hydrogens is 136 g/mol. The van der Waals surface area contributed by atoms with Gasteiger partial charge in [-0.15, -0.1) is 0 Å². The minimum Gasteiger partial charge on any atom is -0.388 e. The zero-order valence-corrected chi connectivity index (χ0v) is 7.09. The van der Waals surface area contributed by atoms with Crippen molar-refractivity contribution in [2.24, 2.45) is 0 Å². The minimum atomic E-state index is -0.299. The topological polar surface area (TPSA) is 20.2 Å². The predicted molar refractivity (Wildman–Crippen MR) is 47.3 cm³/mol. The van der Waals surface area contributed by atoms with Gasteiger partial charge in [-0.3, -0.25) is 0 Å². The van der Waals surface area contributed by atoms with Crippen LogP contribution in [0.1, 0.15) is 20.3 Å². The van der Waals surface area contributed by atoms with Crippen molar-refractivity contribution in [2.45, 2.75) is 26.4 Å². The highest BCUT2D eigenvalue weighted by Crippen LogP contribution is 2.22. The quantitative estimate of drug-likeness (QED) is 0.607. The van der Waals surface area contributed by atoms with Crippen LogP contribution in [0.2, 0.25) is 0 Å². The van der Waals surface area contributed by atoms with E-state index in [-0.39, 0.29) is 6.10 Å². The Morgan fingerprint density at radius 1 is 1.64 bits per heavy atom. The van der Waals surface area contributed by atoms with Gasteiger partial charge in [-0.25, -0.2) is 0 Å². The number of rotatable bonds is 1. The normalized spacial score (nSPS) is 24.1. The van der Waals surface area contributed by atoms with E-state index in [1.54, 1.807) is 0 Å². The van der Waals surface area contributed by atoms with Crippen LogP contribution in [-0.2, 0) is 0 Å². The molecule has 0 heterocycles. The van der Waals surface area contributed by atoms with E-state index < -0.39 is 0 Å². The first-order valence-corrected chi connectivity index (χ1v) is 3.82. The molecule has 0 aliphatic heterocycles. The van der Waals surface area contributed by atoms with Crippen LogP contribution in [0.4, 0.5) is 0 Å². The number of aliphatic hydroxyl groups excluding tert-OH is 1. The maximum absolute atomic E-state index is 9.45. The van der Waals surface area contributed by atoms with E-state index in [4.69, 9.17) is 0 Å². The van der Waals surface area contributed by atoms with Gasteiger partial charge in [-0.1, -0.05) is 24.3 Å². The van der Waals surface area contributed by atoms with Crippen LogP contribution in [0.3, 0.4) is 0 Å². The molecule has 1 aliphatic carbocycles.